The zero-order valence-electron chi connectivity index (χ0n) is 28.7. The number of unbranched alkanes of at least 4 members (excludes halogenated alkanes) is 4. The zero-order chi connectivity index (χ0) is 33.8. The summed E-state index contributed by atoms with van der Waals surface area (Å²) in [6, 6.07) is 29.4. The van der Waals surface area contributed by atoms with Crippen molar-refractivity contribution in [2.45, 2.75) is 91.9 Å². The molecule has 0 radical (unpaired) electrons. The van der Waals surface area contributed by atoms with Crippen molar-refractivity contribution in [1.29, 1.82) is 0 Å². The van der Waals surface area contributed by atoms with Gasteiger partial charge in [0.1, 0.15) is 0 Å². The third-order valence-corrected chi connectivity index (χ3v) is 7.58. The van der Waals surface area contributed by atoms with E-state index in [1.165, 1.54) is 62.8 Å². The van der Waals surface area contributed by atoms with Gasteiger partial charge in [0.15, 0.2) is 0 Å². The van der Waals surface area contributed by atoms with E-state index in [9.17, 15) is 17.6 Å². The molecule has 4 aromatic rings. The van der Waals surface area contributed by atoms with Gasteiger partial charge in [0.2, 0.25) is 0 Å². The summed E-state index contributed by atoms with van der Waals surface area (Å²) in [7, 11) is 0. The Hall–Kier alpha value is -2.83. The summed E-state index contributed by atoms with van der Waals surface area (Å²) < 4.78 is 52.1. The van der Waals surface area contributed by atoms with Gasteiger partial charge in [-0.3, -0.25) is 0 Å². The van der Waals surface area contributed by atoms with Gasteiger partial charge in [0, 0.05) is 36.4 Å². The molecular formula is C40H54F4N2Ti. The van der Waals surface area contributed by atoms with E-state index in [4.69, 9.17) is 0 Å². The Morgan fingerprint density at radius 1 is 0.574 bits per heavy atom. The van der Waals surface area contributed by atoms with Crippen molar-refractivity contribution in [2.75, 3.05) is 23.7 Å². The molecule has 0 aliphatic rings. The second-order valence-electron chi connectivity index (χ2n) is 11.3. The topological polar surface area (TPSA) is 24.1 Å². The predicted octanol–water partition coefficient (Wildman–Crippen LogP) is 12.4. The Balaban J connectivity index is 0.000000681. The average Bonchev–Trinajstić information content (AvgIpc) is 3.83. The zero-order valence-corrected chi connectivity index (χ0v) is 30.3. The minimum atomic E-state index is -0.659. The molecule has 2 unspecified atom stereocenters. The van der Waals surface area contributed by atoms with Crippen LogP contribution >= 0.6 is 0 Å². The summed E-state index contributed by atoms with van der Waals surface area (Å²) in [5.41, 5.74) is 0.677. The van der Waals surface area contributed by atoms with Gasteiger partial charge in [-0.15, -0.1) is 36.4 Å². The summed E-state index contributed by atoms with van der Waals surface area (Å²) in [5, 5.41) is 6.09. The largest absolute Gasteiger partial charge is 4.00 e. The van der Waals surface area contributed by atoms with Crippen LogP contribution in [0.2, 0.25) is 0 Å². The molecule has 47 heavy (non-hydrogen) atoms. The number of hydrogen-bond acceptors (Lipinski definition) is 2. The number of anilines is 2. The number of rotatable bonds is 16. The molecule has 4 rings (SSSR count). The summed E-state index contributed by atoms with van der Waals surface area (Å²) in [4.78, 5) is 0. The van der Waals surface area contributed by atoms with Gasteiger partial charge >= 0.3 is 21.7 Å². The van der Waals surface area contributed by atoms with E-state index in [0.717, 1.165) is 38.8 Å². The van der Waals surface area contributed by atoms with E-state index in [1.54, 1.807) is 0 Å². The third-order valence-electron chi connectivity index (χ3n) is 7.58. The Labute approximate surface area is 297 Å². The normalized spacial score (nSPS) is 11.2. The van der Waals surface area contributed by atoms with Gasteiger partial charge in [-0.25, -0.2) is 41.8 Å². The maximum atomic E-state index is 13.4. The van der Waals surface area contributed by atoms with Crippen LogP contribution in [0.3, 0.4) is 0 Å². The molecule has 4 aromatic carbocycles. The van der Waals surface area contributed by atoms with E-state index >= 15 is 0 Å². The van der Waals surface area contributed by atoms with Gasteiger partial charge in [-0.05, 0) is 36.1 Å². The second-order valence-corrected chi connectivity index (χ2v) is 11.3. The molecule has 2 N–H and O–H groups in total. The standard InChI is InChI=1S/2C15H22F2N.2C5H5.Ti/c2*1-3-5-6-7-12(4-2)11-18-15-9-8-13(16)10-14(15)17;2*1-2-4-5-3-1;/h2*8-9,12,18H,3-7,11H2,1-2H3;2*1-5H;/q4*-1;+4. The maximum Gasteiger partial charge on any atom is 4.00 e. The number of benzene rings is 2. The molecule has 0 aliphatic carbocycles. The van der Waals surface area contributed by atoms with Gasteiger partial charge in [0.05, 0.1) is 0 Å². The Morgan fingerprint density at radius 2 is 0.936 bits per heavy atom. The summed E-state index contributed by atoms with van der Waals surface area (Å²) in [6.45, 7) is 10.1. The van der Waals surface area contributed by atoms with E-state index in [1.807, 2.05) is 72.8 Å². The molecular weight excluding hydrogens is 632 g/mol. The van der Waals surface area contributed by atoms with E-state index < -0.39 is 23.3 Å². The Bertz CT molecular complexity index is 1090. The fraction of sp³-hybridized carbons (Fsp3) is 0.450. The van der Waals surface area contributed by atoms with Gasteiger partial charge in [-0.2, -0.15) is 36.4 Å². The van der Waals surface area contributed by atoms with Crippen molar-refractivity contribution in [2.24, 2.45) is 11.8 Å². The fourth-order valence-electron chi connectivity index (χ4n) is 4.58. The summed E-state index contributed by atoms with van der Waals surface area (Å²) >= 11 is 0. The van der Waals surface area contributed by atoms with Gasteiger partial charge < -0.3 is 10.6 Å². The van der Waals surface area contributed by atoms with Crippen LogP contribution in [0.5, 0.6) is 0 Å². The van der Waals surface area contributed by atoms with Gasteiger partial charge in [0.25, 0.3) is 0 Å². The molecule has 0 aromatic heterocycles. The molecule has 0 spiro atoms. The molecule has 7 heteroatoms. The first kappa shape index (κ1) is 44.2. The van der Waals surface area contributed by atoms with E-state index in [0.29, 0.717) is 23.2 Å². The number of hydrogen-bond donors (Lipinski definition) is 2. The number of halogens is 4. The molecule has 0 saturated carbocycles. The molecule has 0 heterocycles. The molecule has 2 atom stereocenters. The first-order valence-electron chi connectivity index (χ1n) is 16.9. The van der Waals surface area contributed by atoms with Crippen LogP contribution in [-0.4, -0.2) is 13.1 Å². The molecule has 0 fully saturated rings. The van der Waals surface area contributed by atoms with Crippen molar-refractivity contribution in [3.63, 3.8) is 0 Å². The van der Waals surface area contributed by atoms with Crippen molar-refractivity contribution < 1.29 is 39.3 Å². The van der Waals surface area contributed by atoms with Crippen molar-refractivity contribution in [3.8, 4) is 0 Å². The molecule has 2 nitrogen and oxygen atoms in total. The quantitative estimate of drug-likeness (QED) is 0.0531. The molecule has 256 valence electrons. The van der Waals surface area contributed by atoms with Crippen molar-refractivity contribution >= 4 is 11.4 Å². The number of nitrogens with one attached hydrogen (secondary N) is 2. The summed E-state index contributed by atoms with van der Waals surface area (Å²) in [6.07, 6.45) is 11.8. The Morgan fingerprint density at radius 3 is 1.19 bits per heavy atom. The SMILES string of the molecule is CCCCCC(CC)CNc1ccc(F)[c-]c1F.CCCCCC(CC)CNc1ccc(F)[c-]c1F.[Ti+4].c1cc[cH-]c1.c1cc[cH-]c1. The van der Waals surface area contributed by atoms with E-state index in [2.05, 4.69) is 38.3 Å². The minimum Gasteiger partial charge on any atom is -0.434 e. The second kappa shape index (κ2) is 29.3. The first-order chi connectivity index (χ1) is 22.3. The van der Waals surface area contributed by atoms with Crippen LogP contribution < -0.4 is 10.6 Å². The van der Waals surface area contributed by atoms with Crippen molar-refractivity contribution in [3.05, 3.63) is 120 Å². The fourth-order valence-corrected chi connectivity index (χ4v) is 4.58. The van der Waals surface area contributed by atoms with Gasteiger partial charge in [-0.1, -0.05) is 79.1 Å². The molecule has 0 amide bonds. The maximum absolute atomic E-state index is 13.4. The molecule has 0 saturated heterocycles. The monoisotopic (exact) mass is 686 g/mol. The predicted molar refractivity (Wildman–Crippen MR) is 187 cm³/mol. The van der Waals surface area contributed by atoms with Crippen LogP contribution in [0.15, 0.2) is 84.9 Å². The molecule has 0 aliphatic heterocycles. The van der Waals surface area contributed by atoms with Crippen LogP contribution in [0, 0.1) is 47.2 Å². The Kier molecular flexibility index (Phi) is 27.6. The van der Waals surface area contributed by atoms with Crippen LogP contribution in [0.4, 0.5) is 28.9 Å². The smallest absolute Gasteiger partial charge is 0.434 e. The van der Waals surface area contributed by atoms with Crippen LogP contribution in [-0.2, 0) is 21.7 Å². The first-order valence-corrected chi connectivity index (χ1v) is 16.9. The minimum absolute atomic E-state index is 0. The van der Waals surface area contributed by atoms with Crippen molar-refractivity contribution in [1.82, 2.24) is 0 Å². The molecule has 0 bridgehead atoms. The third kappa shape index (κ3) is 22.4. The van der Waals surface area contributed by atoms with E-state index in [-0.39, 0.29) is 21.7 Å². The summed E-state index contributed by atoms with van der Waals surface area (Å²) in [5.74, 6) is -1.51. The van der Waals surface area contributed by atoms with Crippen LogP contribution in [0.1, 0.15) is 91.9 Å². The van der Waals surface area contributed by atoms with Crippen LogP contribution in [0.25, 0.3) is 0 Å². The average molecular weight is 687 g/mol.